The van der Waals surface area contributed by atoms with Gasteiger partial charge in [-0.25, -0.2) is 9.37 Å². The third-order valence-electron chi connectivity index (χ3n) is 4.73. The van der Waals surface area contributed by atoms with E-state index in [1.807, 2.05) is 11.5 Å². The minimum Gasteiger partial charge on any atom is -0.340 e. The normalized spacial score (nSPS) is 23.5. The van der Waals surface area contributed by atoms with Crippen LogP contribution in [0.2, 0.25) is 0 Å². The van der Waals surface area contributed by atoms with E-state index in [9.17, 15) is 9.18 Å². The van der Waals surface area contributed by atoms with E-state index in [-0.39, 0.29) is 11.7 Å². The minimum atomic E-state index is -0.795. The molecule has 0 saturated heterocycles. The third kappa shape index (κ3) is 2.59. The SMILES string of the molecule is C[C@@]1(c2cc(Br)ccc2F)Cn2c(cnc2CC2CC2)C(=O)N1. The van der Waals surface area contributed by atoms with Crippen molar-refractivity contribution >= 4 is 21.8 Å². The molecule has 4 rings (SSSR count). The van der Waals surface area contributed by atoms with Crippen molar-refractivity contribution < 1.29 is 9.18 Å². The number of nitrogens with one attached hydrogen (secondary N) is 1. The maximum atomic E-state index is 14.4. The van der Waals surface area contributed by atoms with Gasteiger partial charge in [0, 0.05) is 16.5 Å². The van der Waals surface area contributed by atoms with Crippen LogP contribution in [0.5, 0.6) is 0 Å². The van der Waals surface area contributed by atoms with E-state index in [0.29, 0.717) is 23.7 Å². The highest BCUT2D eigenvalue weighted by molar-refractivity contribution is 9.10. The molecule has 0 bridgehead atoms. The molecule has 0 spiro atoms. The zero-order valence-electron chi connectivity index (χ0n) is 12.8. The van der Waals surface area contributed by atoms with Gasteiger partial charge in [-0.05, 0) is 43.9 Å². The summed E-state index contributed by atoms with van der Waals surface area (Å²) in [5.41, 5.74) is 0.252. The maximum absolute atomic E-state index is 14.4. The molecule has 1 aromatic carbocycles. The van der Waals surface area contributed by atoms with Crippen LogP contribution in [-0.2, 0) is 18.5 Å². The van der Waals surface area contributed by atoms with Crippen LogP contribution in [0.1, 0.15) is 41.6 Å². The van der Waals surface area contributed by atoms with E-state index in [4.69, 9.17) is 0 Å². The Hall–Kier alpha value is -1.69. The smallest absolute Gasteiger partial charge is 0.270 e. The first-order chi connectivity index (χ1) is 11.0. The van der Waals surface area contributed by atoms with Crippen LogP contribution in [0.15, 0.2) is 28.9 Å². The van der Waals surface area contributed by atoms with E-state index < -0.39 is 5.54 Å². The number of halogens is 2. The second-order valence-corrected chi connectivity index (χ2v) is 7.62. The molecule has 1 aromatic heterocycles. The number of rotatable bonds is 3. The first-order valence-electron chi connectivity index (χ1n) is 7.79. The van der Waals surface area contributed by atoms with Crippen molar-refractivity contribution in [3.63, 3.8) is 0 Å². The topological polar surface area (TPSA) is 46.9 Å². The Balaban J connectivity index is 1.76. The number of fused-ring (bicyclic) bond motifs is 1. The molecule has 1 amide bonds. The van der Waals surface area contributed by atoms with Crippen molar-refractivity contribution in [3.05, 3.63) is 51.8 Å². The van der Waals surface area contributed by atoms with E-state index in [2.05, 4.69) is 26.2 Å². The van der Waals surface area contributed by atoms with Crippen LogP contribution < -0.4 is 5.32 Å². The van der Waals surface area contributed by atoms with Gasteiger partial charge in [-0.1, -0.05) is 15.9 Å². The molecule has 4 nitrogen and oxygen atoms in total. The molecule has 2 aliphatic rings. The number of imidazole rings is 1. The summed E-state index contributed by atoms with van der Waals surface area (Å²) in [5, 5.41) is 2.95. The molecule has 1 aliphatic carbocycles. The lowest BCUT2D eigenvalue weighted by Crippen LogP contribution is -2.52. The lowest BCUT2D eigenvalue weighted by atomic mass is 9.89. The van der Waals surface area contributed by atoms with Crippen LogP contribution >= 0.6 is 15.9 Å². The molecule has 0 unspecified atom stereocenters. The zero-order valence-corrected chi connectivity index (χ0v) is 14.4. The molecule has 1 N–H and O–H groups in total. The second kappa shape index (κ2) is 5.16. The van der Waals surface area contributed by atoms with Gasteiger partial charge in [-0.3, -0.25) is 4.79 Å². The van der Waals surface area contributed by atoms with Gasteiger partial charge >= 0.3 is 0 Å². The number of benzene rings is 1. The summed E-state index contributed by atoms with van der Waals surface area (Å²) in [6.45, 7) is 2.35. The number of carbonyl (C=O) groups excluding carboxylic acids is 1. The molecule has 2 heterocycles. The Morgan fingerprint density at radius 3 is 3.00 bits per heavy atom. The quantitative estimate of drug-likeness (QED) is 0.890. The predicted molar refractivity (Wildman–Crippen MR) is 87.6 cm³/mol. The van der Waals surface area contributed by atoms with Gasteiger partial charge < -0.3 is 9.88 Å². The van der Waals surface area contributed by atoms with Crippen molar-refractivity contribution in [1.29, 1.82) is 0 Å². The number of hydrogen-bond donors (Lipinski definition) is 1. The van der Waals surface area contributed by atoms with Crippen molar-refractivity contribution in [3.8, 4) is 0 Å². The number of amides is 1. The molecule has 120 valence electrons. The first-order valence-corrected chi connectivity index (χ1v) is 8.58. The summed E-state index contributed by atoms with van der Waals surface area (Å²) in [4.78, 5) is 16.9. The van der Waals surface area contributed by atoms with Crippen LogP contribution in [0, 0.1) is 11.7 Å². The Labute approximate surface area is 142 Å². The molecule has 1 saturated carbocycles. The maximum Gasteiger partial charge on any atom is 0.270 e. The van der Waals surface area contributed by atoms with Crippen LogP contribution in [-0.4, -0.2) is 15.5 Å². The molecule has 6 heteroatoms. The highest BCUT2D eigenvalue weighted by Gasteiger charge is 2.39. The highest BCUT2D eigenvalue weighted by Crippen LogP contribution is 2.35. The lowest BCUT2D eigenvalue weighted by Gasteiger charge is -2.37. The summed E-state index contributed by atoms with van der Waals surface area (Å²) in [7, 11) is 0. The standard InChI is InChI=1S/C17H17BrFN3O/c1-17(12-7-11(18)4-5-13(12)19)9-22-14(16(23)21-17)8-20-15(22)6-10-2-3-10/h4-5,7-8,10H,2-3,6,9H2,1H3,(H,21,23)/t17-/m0/s1. The van der Waals surface area contributed by atoms with Gasteiger partial charge in [0.1, 0.15) is 17.3 Å². The zero-order chi connectivity index (χ0) is 16.2. The Morgan fingerprint density at radius 1 is 1.48 bits per heavy atom. The molecule has 1 fully saturated rings. The van der Waals surface area contributed by atoms with Crippen molar-refractivity contribution in [2.45, 2.75) is 38.3 Å². The number of carbonyl (C=O) groups is 1. The number of nitrogens with zero attached hydrogens (tertiary/aromatic N) is 2. The summed E-state index contributed by atoms with van der Waals surface area (Å²) in [6.07, 6.45) is 4.98. The van der Waals surface area contributed by atoms with E-state index >= 15 is 0 Å². The monoisotopic (exact) mass is 377 g/mol. The Kier molecular flexibility index (Phi) is 3.34. The van der Waals surface area contributed by atoms with Gasteiger partial charge in [0.15, 0.2) is 0 Å². The van der Waals surface area contributed by atoms with Crippen molar-refractivity contribution in [2.75, 3.05) is 0 Å². The van der Waals surface area contributed by atoms with Gasteiger partial charge in [-0.15, -0.1) is 0 Å². The average molecular weight is 378 g/mol. The highest BCUT2D eigenvalue weighted by atomic mass is 79.9. The van der Waals surface area contributed by atoms with Gasteiger partial charge in [0.25, 0.3) is 5.91 Å². The van der Waals surface area contributed by atoms with E-state index in [1.54, 1.807) is 18.3 Å². The third-order valence-corrected chi connectivity index (χ3v) is 5.22. The summed E-state index contributed by atoms with van der Waals surface area (Å²) in [5.74, 6) is 1.09. The van der Waals surface area contributed by atoms with Crippen molar-refractivity contribution in [2.24, 2.45) is 5.92 Å². The van der Waals surface area contributed by atoms with Crippen LogP contribution in [0.4, 0.5) is 4.39 Å². The fourth-order valence-corrected chi connectivity index (χ4v) is 3.62. The number of hydrogen-bond acceptors (Lipinski definition) is 2. The fourth-order valence-electron chi connectivity index (χ4n) is 3.26. The summed E-state index contributed by atoms with van der Waals surface area (Å²) >= 11 is 3.38. The first kappa shape index (κ1) is 14.9. The largest absolute Gasteiger partial charge is 0.340 e. The molecular weight excluding hydrogens is 361 g/mol. The van der Waals surface area contributed by atoms with Crippen molar-refractivity contribution in [1.82, 2.24) is 14.9 Å². The molecular formula is C17H17BrFN3O. The fraction of sp³-hybridized carbons (Fsp3) is 0.412. The summed E-state index contributed by atoms with van der Waals surface area (Å²) < 4.78 is 17.1. The Morgan fingerprint density at radius 2 is 2.26 bits per heavy atom. The molecule has 0 radical (unpaired) electrons. The summed E-state index contributed by atoms with van der Waals surface area (Å²) in [6, 6.07) is 4.82. The van der Waals surface area contributed by atoms with E-state index in [0.717, 1.165) is 16.7 Å². The molecule has 23 heavy (non-hydrogen) atoms. The molecule has 2 aromatic rings. The minimum absolute atomic E-state index is 0.201. The molecule has 1 aliphatic heterocycles. The average Bonchev–Trinajstić information content (AvgIpc) is 3.22. The van der Waals surface area contributed by atoms with Crippen LogP contribution in [0.25, 0.3) is 0 Å². The predicted octanol–water partition coefficient (Wildman–Crippen LogP) is 3.40. The Bertz CT molecular complexity index is 799. The number of aromatic nitrogens is 2. The van der Waals surface area contributed by atoms with Gasteiger partial charge in [-0.2, -0.15) is 0 Å². The molecule has 1 atom stereocenters. The van der Waals surface area contributed by atoms with Crippen LogP contribution in [0.3, 0.4) is 0 Å². The second-order valence-electron chi connectivity index (χ2n) is 6.70. The van der Waals surface area contributed by atoms with Gasteiger partial charge in [0.2, 0.25) is 0 Å². The van der Waals surface area contributed by atoms with E-state index in [1.165, 1.54) is 18.9 Å². The lowest BCUT2D eigenvalue weighted by molar-refractivity contribution is 0.0843. The van der Waals surface area contributed by atoms with Gasteiger partial charge in [0.05, 0.1) is 18.3 Å².